The van der Waals surface area contributed by atoms with E-state index in [2.05, 4.69) is 0 Å². The lowest BCUT2D eigenvalue weighted by molar-refractivity contribution is -0.168. The monoisotopic (exact) mass is 442 g/mol. The van der Waals surface area contributed by atoms with E-state index in [0.29, 0.717) is 12.0 Å². The van der Waals surface area contributed by atoms with E-state index in [4.69, 9.17) is 18.9 Å². The van der Waals surface area contributed by atoms with Crippen molar-refractivity contribution in [2.75, 3.05) is 13.2 Å². The molecule has 0 N–H and O–H groups in total. The molecule has 1 saturated carbocycles. The number of fused-ring (bicyclic) bond motifs is 5. The molecule has 1 aliphatic carbocycles. The molecule has 3 aliphatic heterocycles. The number of esters is 4. The maximum atomic E-state index is 12.6. The summed E-state index contributed by atoms with van der Waals surface area (Å²) in [4.78, 5) is 49.7. The van der Waals surface area contributed by atoms with Crippen LogP contribution in [-0.4, -0.2) is 48.8 Å². The average molecular weight is 442 g/mol. The molecule has 8 nitrogen and oxygen atoms in total. The van der Waals surface area contributed by atoms with Crippen molar-refractivity contribution in [2.24, 2.45) is 23.7 Å². The van der Waals surface area contributed by atoms with Gasteiger partial charge in [0, 0.05) is 5.92 Å². The molecular formula is C24H26O8. The molecule has 5 rings (SSSR count). The van der Waals surface area contributed by atoms with E-state index in [1.165, 1.54) is 0 Å². The van der Waals surface area contributed by atoms with Crippen LogP contribution in [0.5, 0.6) is 0 Å². The normalized spacial score (nSPS) is 33.6. The molecule has 4 fully saturated rings. The number of carbonyl (C=O) groups excluding carboxylic acids is 4. The van der Waals surface area contributed by atoms with Crippen LogP contribution in [0.15, 0.2) is 30.3 Å². The largest absolute Gasteiger partial charge is 0.462 e. The van der Waals surface area contributed by atoms with Gasteiger partial charge in [0.05, 0.1) is 24.2 Å². The van der Waals surface area contributed by atoms with Crippen molar-refractivity contribution < 1.29 is 38.1 Å². The predicted molar refractivity (Wildman–Crippen MR) is 108 cm³/mol. The molecule has 3 heterocycles. The fourth-order valence-electron chi connectivity index (χ4n) is 5.75. The van der Waals surface area contributed by atoms with Gasteiger partial charge in [-0.1, -0.05) is 37.5 Å². The summed E-state index contributed by atoms with van der Waals surface area (Å²) >= 11 is 0. The van der Waals surface area contributed by atoms with Gasteiger partial charge in [0.15, 0.2) is 0 Å². The molecule has 0 aromatic heterocycles. The Morgan fingerprint density at radius 3 is 2.50 bits per heavy atom. The van der Waals surface area contributed by atoms with Gasteiger partial charge in [-0.2, -0.15) is 0 Å². The van der Waals surface area contributed by atoms with Crippen molar-refractivity contribution in [1.82, 2.24) is 0 Å². The number of hydrogen-bond donors (Lipinski definition) is 0. The Labute approximate surface area is 185 Å². The lowest BCUT2D eigenvalue weighted by Crippen LogP contribution is -2.47. The maximum absolute atomic E-state index is 12.6. The van der Waals surface area contributed by atoms with E-state index in [-0.39, 0.29) is 31.0 Å². The van der Waals surface area contributed by atoms with E-state index >= 15 is 0 Å². The van der Waals surface area contributed by atoms with Crippen molar-refractivity contribution in [3.8, 4) is 0 Å². The number of benzene rings is 1. The minimum Gasteiger partial charge on any atom is -0.462 e. The highest BCUT2D eigenvalue weighted by Gasteiger charge is 2.72. The smallest absolute Gasteiger partial charge is 0.338 e. The molecule has 8 heteroatoms. The fourth-order valence-corrected chi connectivity index (χ4v) is 5.75. The molecule has 5 atom stereocenters. The maximum Gasteiger partial charge on any atom is 0.338 e. The van der Waals surface area contributed by atoms with E-state index in [1.807, 2.05) is 6.07 Å². The minimum absolute atomic E-state index is 0.0431. The summed E-state index contributed by atoms with van der Waals surface area (Å²) < 4.78 is 22.2. The Kier molecular flexibility index (Phi) is 5.49. The van der Waals surface area contributed by atoms with E-state index in [0.717, 1.165) is 32.1 Å². The van der Waals surface area contributed by atoms with Crippen LogP contribution in [0.4, 0.5) is 0 Å². The lowest BCUT2D eigenvalue weighted by Gasteiger charge is -2.32. The quantitative estimate of drug-likeness (QED) is 0.376. The summed E-state index contributed by atoms with van der Waals surface area (Å²) in [5.74, 6) is -3.97. The molecule has 0 unspecified atom stereocenters. The predicted octanol–water partition coefficient (Wildman–Crippen LogP) is 2.44. The SMILES string of the molecule is O=C(OC[C@H]1C[C@]2(COC(=O)C3CCCCC3)O[C@H]1[C@H]1C(=O)OC(=O)[C@H]12)c1ccccc1. The van der Waals surface area contributed by atoms with Gasteiger partial charge < -0.3 is 18.9 Å². The van der Waals surface area contributed by atoms with Crippen molar-refractivity contribution in [3.05, 3.63) is 35.9 Å². The van der Waals surface area contributed by atoms with Crippen LogP contribution in [0.2, 0.25) is 0 Å². The van der Waals surface area contributed by atoms with Gasteiger partial charge in [-0.3, -0.25) is 14.4 Å². The Morgan fingerprint density at radius 2 is 1.75 bits per heavy atom. The number of carbonyl (C=O) groups is 4. The van der Waals surface area contributed by atoms with Gasteiger partial charge in [0.1, 0.15) is 24.0 Å². The fraction of sp³-hybridized carbons (Fsp3) is 0.583. The van der Waals surface area contributed by atoms with Crippen LogP contribution in [-0.2, 0) is 33.3 Å². The zero-order chi connectivity index (χ0) is 22.3. The van der Waals surface area contributed by atoms with Crippen LogP contribution in [0.25, 0.3) is 0 Å². The first-order valence-corrected chi connectivity index (χ1v) is 11.3. The topological polar surface area (TPSA) is 105 Å². The third kappa shape index (κ3) is 3.60. The average Bonchev–Trinajstić information content (AvgIpc) is 3.46. The number of rotatable bonds is 6. The standard InChI is InChI=1S/C24H26O8/c25-20(14-7-3-1-4-8-14)29-12-16-11-24(13-30-21(26)15-9-5-2-6-10-15)18-17(19(16)32-24)22(27)31-23(18)28/h1,3-4,7-8,15-19H,2,5-6,9-13H2/t16-,17+,18+,19-,24-/m1/s1. The summed E-state index contributed by atoms with van der Waals surface area (Å²) in [7, 11) is 0. The van der Waals surface area contributed by atoms with Crippen LogP contribution in [0.3, 0.4) is 0 Å². The first-order chi connectivity index (χ1) is 15.5. The molecule has 170 valence electrons. The van der Waals surface area contributed by atoms with E-state index < -0.39 is 41.4 Å². The van der Waals surface area contributed by atoms with Crippen molar-refractivity contribution in [1.29, 1.82) is 0 Å². The van der Waals surface area contributed by atoms with Gasteiger partial charge in [-0.15, -0.1) is 0 Å². The third-order valence-electron chi connectivity index (χ3n) is 7.29. The van der Waals surface area contributed by atoms with Gasteiger partial charge >= 0.3 is 23.9 Å². The van der Waals surface area contributed by atoms with E-state index in [9.17, 15) is 19.2 Å². The molecule has 2 bridgehead atoms. The number of ether oxygens (including phenoxy) is 4. The van der Waals surface area contributed by atoms with Crippen LogP contribution in [0.1, 0.15) is 48.9 Å². The van der Waals surface area contributed by atoms with E-state index in [1.54, 1.807) is 24.3 Å². The Bertz CT molecular complexity index is 921. The molecule has 0 spiro atoms. The molecule has 1 aromatic carbocycles. The zero-order valence-corrected chi connectivity index (χ0v) is 17.7. The molecule has 0 amide bonds. The van der Waals surface area contributed by atoms with Crippen molar-refractivity contribution in [3.63, 3.8) is 0 Å². The Hall–Kier alpha value is -2.74. The number of cyclic esters (lactones) is 2. The number of hydrogen-bond acceptors (Lipinski definition) is 8. The van der Waals surface area contributed by atoms with Crippen LogP contribution < -0.4 is 0 Å². The summed E-state index contributed by atoms with van der Waals surface area (Å²) in [5, 5.41) is 0. The minimum atomic E-state index is -1.12. The first-order valence-electron chi connectivity index (χ1n) is 11.3. The van der Waals surface area contributed by atoms with Crippen molar-refractivity contribution in [2.45, 2.75) is 50.2 Å². The van der Waals surface area contributed by atoms with Gasteiger partial charge in [0.2, 0.25) is 0 Å². The lowest BCUT2D eigenvalue weighted by atomic mass is 9.69. The second kappa shape index (κ2) is 8.31. The Morgan fingerprint density at radius 1 is 1.00 bits per heavy atom. The molecule has 4 aliphatic rings. The van der Waals surface area contributed by atoms with Crippen LogP contribution >= 0.6 is 0 Å². The Balaban J connectivity index is 1.28. The summed E-state index contributed by atoms with van der Waals surface area (Å²) in [5.41, 5.74) is -0.687. The highest BCUT2D eigenvalue weighted by molar-refractivity contribution is 5.98. The summed E-state index contributed by atoms with van der Waals surface area (Å²) in [6.45, 7) is -0.0626. The summed E-state index contributed by atoms with van der Waals surface area (Å²) in [6, 6.07) is 8.63. The van der Waals surface area contributed by atoms with Gasteiger partial charge in [0.25, 0.3) is 0 Å². The summed E-state index contributed by atoms with van der Waals surface area (Å²) in [6.07, 6.45) is 4.48. The second-order valence-corrected chi connectivity index (χ2v) is 9.26. The van der Waals surface area contributed by atoms with Crippen molar-refractivity contribution >= 4 is 23.9 Å². The zero-order valence-electron chi connectivity index (χ0n) is 17.7. The third-order valence-corrected chi connectivity index (χ3v) is 7.29. The molecule has 3 saturated heterocycles. The molecule has 1 aromatic rings. The first kappa shape index (κ1) is 21.1. The molecule has 0 radical (unpaired) electrons. The van der Waals surface area contributed by atoms with Gasteiger partial charge in [-0.05, 0) is 31.4 Å². The molecule has 32 heavy (non-hydrogen) atoms. The molecular weight excluding hydrogens is 416 g/mol. The highest BCUT2D eigenvalue weighted by atomic mass is 16.6. The van der Waals surface area contributed by atoms with Crippen LogP contribution in [0, 0.1) is 23.7 Å². The second-order valence-electron chi connectivity index (χ2n) is 9.26. The highest BCUT2D eigenvalue weighted by Crippen LogP contribution is 2.57. The van der Waals surface area contributed by atoms with Gasteiger partial charge in [-0.25, -0.2) is 4.79 Å².